The Morgan fingerprint density at radius 2 is 0.667 bits per heavy atom. The highest BCUT2D eigenvalue weighted by molar-refractivity contribution is 14.0. The summed E-state index contributed by atoms with van der Waals surface area (Å²) in [7, 11) is 0. The van der Waals surface area contributed by atoms with Gasteiger partial charge in [-0.3, -0.25) is 0 Å². The first kappa shape index (κ1) is 12.8. The maximum atomic E-state index is 2.25. The molecule has 0 heterocycles. The minimum atomic E-state index is 0. The van der Waals surface area contributed by atoms with Gasteiger partial charge in [-0.05, 0) is 43.1 Å². The van der Waals surface area contributed by atoms with Crippen LogP contribution in [0.3, 0.4) is 0 Å². The van der Waals surface area contributed by atoms with Crippen molar-refractivity contribution in [1.29, 1.82) is 0 Å². The van der Waals surface area contributed by atoms with E-state index < -0.39 is 0 Å². The number of benzene rings is 5. The van der Waals surface area contributed by atoms with Gasteiger partial charge >= 0.3 is 0 Å². The Morgan fingerprint density at radius 3 is 0.952 bits per heavy atom. The van der Waals surface area contributed by atoms with Crippen LogP contribution in [0.1, 0.15) is 0 Å². The summed E-state index contributed by atoms with van der Waals surface area (Å²) in [6, 6.07) is 26.4. The number of halogens is 1. The van der Waals surface area contributed by atoms with Gasteiger partial charge in [-0.1, -0.05) is 72.8 Å². The molecule has 0 nitrogen and oxygen atoms in total. The molecule has 0 aromatic heterocycles. The molecule has 5 rings (SSSR count). The Labute approximate surface area is 139 Å². The van der Waals surface area contributed by atoms with E-state index in [1.807, 2.05) is 0 Å². The summed E-state index contributed by atoms with van der Waals surface area (Å²) in [5, 5.41) is 10.9. The van der Waals surface area contributed by atoms with Gasteiger partial charge < -0.3 is 0 Å². The Hall–Kier alpha value is -1.87. The maximum Gasteiger partial charge on any atom is -0.00264 e. The molecule has 21 heavy (non-hydrogen) atoms. The van der Waals surface area contributed by atoms with Gasteiger partial charge in [0, 0.05) is 0 Å². The van der Waals surface area contributed by atoms with Crippen molar-refractivity contribution in [2.24, 2.45) is 0 Å². The molecule has 0 aliphatic carbocycles. The van der Waals surface area contributed by atoms with E-state index in [1.54, 1.807) is 0 Å². The summed E-state index contributed by atoms with van der Waals surface area (Å²) in [6.07, 6.45) is 0. The zero-order valence-electron chi connectivity index (χ0n) is 11.3. The van der Waals surface area contributed by atoms with E-state index in [0.29, 0.717) is 0 Å². The molecule has 0 spiro atoms. The van der Waals surface area contributed by atoms with Crippen LogP contribution in [-0.4, -0.2) is 0 Å². The standard InChI is InChI=1S/C20H12.HI/c1-5-13-6-2-11-17-18-12-4-8-14-7-3-10-16(20(14)18)15(9-1)19(13)17;/h1-12H;1H. The van der Waals surface area contributed by atoms with E-state index in [9.17, 15) is 0 Å². The van der Waals surface area contributed by atoms with E-state index in [4.69, 9.17) is 0 Å². The molecule has 5 aromatic rings. The molecule has 1 heteroatoms. The van der Waals surface area contributed by atoms with Crippen LogP contribution in [0.4, 0.5) is 0 Å². The molecule has 0 bridgehead atoms. The predicted molar refractivity (Wildman–Crippen MR) is 103 cm³/mol. The molecule has 0 unspecified atom stereocenters. The van der Waals surface area contributed by atoms with Gasteiger partial charge in [0.1, 0.15) is 0 Å². The lowest BCUT2D eigenvalue weighted by Gasteiger charge is -2.13. The number of rotatable bonds is 0. The van der Waals surface area contributed by atoms with Crippen molar-refractivity contribution in [2.75, 3.05) is 0 Å². The Bertz CT molecular complexity index is 923. The fourth-order valence-electron chi connectivity index (χ4n) is 3.58. The smallest absolute Gasteiger partial charge is 0.00264 e. The van der Waals surface area contributed by atoms with Gasteiger partial charge in [0.2, 0.25) is 0 Å². The van der Waals surface area contributed by atoms with Crippen LogP contribution in [0.15, 0.2) is 72.8 Å². The summed E-state index contributed by atoms with van der Waals surface area (Å²) in [5.74, 6) is 0. The van der Waals surface area contributed by atoms with E-state index in [-0.39, 0.29) is 24.0 Å². The van der Waals surface area contributed by atoms with Gasteiger partial charge in [-0.25, -0.2) is 0 Å². The van der Waals surface area contributed by atoms with E-state index >= 15 is 0 Å². The molecule has 5 aromatic carbocycles. The van der Waals surface area contributed by atoms with Gasteiger partial charge in [0.25, 0.3) is 0 Å². The number of fused-ring (bicyclic) bond motifs is 2. The first-order chi connectivity index (χ1) is 9.93. The van der Waals surface area contributed by atoms with Crippen molar-refractivity contribution in [1.82, 2.24) is 0 Å². The maximum absolute atomic E-state index is 2.25. The lowest BCUT2D eigenvalue weighted by atomic mass is 9.90. The average molecular weight is 380 g/mol. The molecule has 0 radical (unpaired) electrons. The molecule has 0 fully saturated rings. The number of hydrogen-bond donors (Lipinski definition) is 0. The van der Waals surface area contributed by atoms with Crippen molar-refractivity contribution in [3.8, 4) is 0 Å². The summed E-state index contributed by atoms with van der Waals surface area (Å²) in [5.41, 5.74) is 0. The second-order valence-corrected chi connectivity index (χ2v) is 5.42. The molecule has 0 aliphatic rings. The number of hydrogen-bond acceptors (Lipinski definition) is 0. The summed E-state index contributed by atoms with van der Waals surface area (Å²) in [4.78, 5) is 0. The molecule has 0 atom stereocenters. The van der Waals surface area contributed by atoms with Crippen molar-refractivity contribution in [3.63, 3.8) is 0 Å². The summed E-state index contributed by atoms with van der Waals surface area (Å²) in [6.45, 7) is 0. The van der Waals surface area contributed by atoms with E-state index in [2.05, 4.69) is 72.8 Å². The van der Waals surface area contributed by atoms with E-state index in [1.165, 1.54) is 43.1 Å². The second-order valence-electron chi connectivity index (χ2n) is 5.42. The molecule has 0 N–H and O–H groups in total. The Balaban J connectivity index is 0.00000115. The first-order valence-corrected chi connectivity index (χ1v) is 6.98. The Morgan fingerprint density at radius 1 is 0.381 bits per heavy atom. The molecule has 0 saturated heterocycles. The van der Waals surface area contributed by atoms with Gasteiger partial charge in [0.05, 0.1) is 0 Å². The van der Waals surface area contributed by atoms with Gasteiger partial charge in [-0.2, -0.15) is 0 Å². The molecule has 0 aliphatic heterocycles. The lowest BCUT2D eigenvalue weighted by Crippen LogP contribution is -1.85. The fraction of sp³-hybridized carbons (Fsp3) is 0. The zero-order chi connectivity index (χ0) is 13.1. The normalized spacial score (nSPS) is 11.4. The molecule has 0 amide bonds. The third kappa shape index (κ3) is 1.61. The van der Waals surface area contributed by atoms with E-state index in [0.717, 1.165) is 0 Å². The van der Waals surface area contributed by atoms with Gasteiger partial charge in [-0.15, -0.1) is 24.0 Å². The SMILES string of the molecule is I.c1cc2cccc3c4cccc5cccc(c(c1)c23)c54. The molecular formula is C20H13I. The van der Waals surface area contributed by atoms with Crippen LogP contribution < -0.4 is 0 Å². The van der Waals surface area contributed by atoms with Crippen LogP contribution in [-0.2, 0) is 0 Å². The second kappa shape index (κ2) is 4.57. The van der Waals surface area contributed by atoms with Crippen LogP contribution in [0.2, 0.25) is 0 Å². The zero-order valence-corrected chi connectivity index (χ0v) is 13.7. The minimum absolute atomic E-state index is 0. The monoisotopic (exact) mass is 380 g/mol. The minimum Gasteiger partial charge on any atom is -0.107 e. The van der Waals surface area contributed by atoms with Crippen LogP contribution >= 0.6 is 24.0 Å². The summed E-state index contributed by atoms with van der Waals surface area (Å²) >= 11 is 0. The molecule has 100 valence electrons. The van der Waals surface area contributed by atoms with Crippen molar-refractivity contribution in [2.45, 2.75) is 0 Å². The first-order valence-electron chi connectivity index (χ1n) is 6.98. The largest absolute Gasteiger partial charge is 0.107 e. The van der Waals surface area contributed by atoms with Crippen LogP contribution in [0.25, 0.3) is 43.1 Å². The highest BCUT2D eigenvalue weighted by Crippen LogP contribution is 2.39. The van der Waals surface area contributed by atoms with Gasteiger partial charge in [0.15, 0.2) is 0 Å². The summed E-state index contributed by atoms with van der Waals surface area (Å²) < 4.78 is 0. The van der Waals surface area contributed by atoms with Crippen LogP contribution in [0, 0.1) is 0 Å². The van der Waals surface area contributed by atoms with Crippen molar-refractivity contribution in [3.05, 3.63) is 72.8 Å². The Kier molecular flexibility index (Phi) is 2.79. The quantitative estimate of drug-likeness (QED) is 0.167. The topological polar surface area (TPSA) is 0 Å². The van der Waals surface area contributed by atoms with Crippen molar-refractivity contribution < 1.29 is 0 Å². The molecule has 0 saturated carbocycles. The average Bonchev–Trinajstić information content (AvgIpc) is 2.52. The van der Waals surface area contributed by atoms with Crippen LogP contribution in [0.5, 0.6) is 0 Å². The van der Waals surface area contributed by atoms with Crippen molar-refractivity contribution >= 4 is 67.1 Å². The highest BCUT2D eigenvalue weighted by Gasteiger charge is 2.11. The fourth-order valence-corrected chi connectivity index (χ4v) is 3.58. The molecular weight excluding hydrogens is 367 g/mol. The predicted octanol–water partition coefficient (Wildman–Crippen LogP) is 6.36. The lowest BCUT2D eigenvalue weighted by molar-refractivity contribution is 1.78. The highest BCUT2D eigenvalue weighted by atomic mass is 127. The third-order valence-electron chi connectivity index (χ3n) is 4.39. The third-order valence-corrected chi connectivity index (χ3v) is 4.39.